The molecular weight excluding hydrogens is 154 g/mol. The fourth-order valence-corrected chi connectivity index (χ4v) is 1.31. The normalized spacial score (nSPS) is 20.7. The second-order valence-electron chi connectivity index (χ2n) is 2.86. The smallest absolute Gasteiger partial charge is 0.407 e. The number of hydrogen-bond donors (Lipinski definition) is 1. The molecule has 62 valence electrons. The zero-order valence-corrected chi connectivity index (χ0v) is 6.47. The van der Waals surface area contributed by atoms with Gasteiger partial charge in [0.25, 0.3) is 0 Å². The van der Waals surface area contributed by atoms with Gasteiger partial charge in [-0.15, -0.1) is 0 Å². The van der Waals surface area contributed by atoms with E-state index in [0.717, 1.165) is 5.56 Å². The predicted molar refractivity (Wildman–Crippen MR) is 43.9 cm³/mol. The van der Waals surface area contributed by atoms with E-state index in [9.17, 15) is 4.79 Å². The Bertz CT molecular complexity index is 297. The van der Waals surface area contributed by atoms with Crippen molar-refractivity contribution in [1.82, 2.24) is 4.90 Å². The van der Waals surface area contributed by atoms with Gasteiger partial charge in [-0.3, -0.25) is 4.90 Å². The predicted octanol–water partition coefficient (Wildman–Crippen LogP) is 1.72. The zero-order valence-electron chi connectivity index (χ0n) is 6.47. The maximum absolute atomic E-state index is 10.5. The summed E-state index contributed by atoms with van der Waals surface area (Å²) in [6.45, 7) is 0.638. The highest BCUT2D eigenvalue weighted by molar-refractivity contribution is 5.69. The molecule has 0 radical (unpaired) electrons. The lowest BCUT2D eigenvalue weighted by Gasteiger charge is -1.97. The van der Waals surface area contributed by atoms with E-state index < -0.39 is 6.09 Å². The monoisotopic (exact) mass is 163 g/mol. The Morgan fingerprint density at radius 2 is 2.08 bits per heavy atom. The largest absolute Gasteiger partial charge is 0.465 e. The number of hydrogen-bond acceptors (Lipinski definition) is 1. The first-order valence-electron chi connectivity index (χ1n) is 3.83. The average molecular weight is 163 g/mol. The van der Waals surface area contributed by atoms with Crippen LogP contribution in [0.1, 0.15) is 11.6 Å². The van der Waals surface area contributed by atoms with Crippen LogP contribution in [0.2, 0.25) is 0 Å². The minimum Gasteiger partial charge on any atom is -0.465 e. The first-order valence-corrected chi connectivity index (χ1v) is 3.83. The third-order valence-corrected chi connectivity index (χ3v) is 2.04. The van der Waals surface area contributed by atoms with E-state index in [1.807, 2.05) is 30.3 Å². The van der Waals surface area contributed by atoms with Gasteiger partial charge in [-0.05, 0) is 5.56 Å². The van der Waals surface area contributed by atoms with E-state index in [-0.39, 0.29) is 6.04 Å². The van der Waals surface area contributed by atoms with E-state index in [0.29, 0.717) is 6.54 Å². The van der Waals surface area contributed by atoms with Gasteiger partial charge in [0.05, 0.1) is 6.04 Å². The molecule has 0 saturated carbocycles. The average Bonchev–Trinajstić information content (AvgIpc) is 2.84. The van der Waals surface area contributed by atoms with Crippen LogP contribution in [0.15, 0.2) is 30.3 Å². The Morgan fingerprint density at radius 1 is 1.42 bits per heavy atom. The van der Waals surface area contributed by atoms with Crippen molar-refractivity contribution in [2.75, 3.05) is 6.54 Å². The van der Waals surface area contributed by atoms with Gasteiger partial charge in [0, 0.05) is 6.54 Å². The van der Waals surface area contributed by atoms with Crippen molar-refractivity contribution in [2.45, 2.75) is 6.04 Å². The van der Waals surface area contributed by atoms with Gasteiger partial charge in [-0.1, -0.05) is 30.3 Å². The molecule has 3 heteroatoms. The molecule has 0 aliphatic carbocycles. The van der Waals surface area contributed by atoms with Crippen molar-refractivity contribution in [2.24, 2.45) is 0 Å². The quantitative estimate of drug-likeness (QED) is 0.640. The summed E-state index contributed by atoms with van der Waals surface area (Å²) in [7, 11) is 0. The van der Waals surface area contributed by atoms with Crippen LogP contribution in [-0.2, 0) is 0 Å². The molecule has 1 aromatic rings. The number of carboxylic acid groups (broad SMARTS) is 1. The molecule has 3 nitrogen and oxygen atoms in total. The lowest BCUT2D eigenvalue weighted by molar-refractivity contribution is 0.176. The first-order chi connectivity index (χ1) is 5.79. The summed E-state index contributed by atoms with van der Waals surface area (Å²) >= 11 is 0. The first kappa shape index (κ1) is 7.16. The van der Waals surface area contributed by atoms with Gasteiger partial charge >= 0.3 is 6.09 Å². The number of rotatable bonds is 1. The lowest BCUT2D eigenvalue weighted by Crippen LogP contribution is -2.06. The van der Waals surface area contributed by atoms with Crippen molar-refractivity contribution in [3.8, 4) is 0 Å². The summed E-state index contributed by atoms with van der Waals surface area (Å²) in [4.78, 5) is 11.9. The second-order valence-corrected chi connectivity index (χ2v) is 2.86. The molecular formula is C9H9NO2. The molecule has 1 N–H and O–H groups in total. The summed E-state index contributed by atoms with van der Waals surface area (Å²) in [6.07, 6.45) is -0.830. The standard InChI is InChI=1S/C9H9NO2/c11-9(12)10-6-8(10)7-4-2-1-3-5-7/h1-5,8H,6H2,(H,11,12)/t8-,10?/m1/s1. The van der Waals surface area contributed by atoms with Crippen LogP contribution >= 0.6 is 0 Å². The fourth-order valence-electron chi connectivity index (χ4n) is 1.31. The molecule has 1 amide bonds. The molecule has 0 unspecified atom stereocenters. The summed E-state index contributed by atoms with van der Waals surface area (Å²) in [5.41, 5.74) is 1.08. The topological polar surface area (TPSA) is 40.3 Å². The van der Waals surface area contributed by atoms with Gasteiger partial charge in [0.15, 0.2) is 0 Å². The Morgan fingerprint density at radius 3 is 2.58 bits per heavy atom. The van der Waals surface area contributed by atoms with Crippen LogP contribution in [0.3, 0.4) is 0 Å². The fraction of sp³-hybridized carbons (Fsp3) is 0.222. The molecule has 1 heterocycles. The molecule has 0 aromatic heterocycles. The van der Waals surface area contributed by atoms with E-state index in [4.69, 9.17) is 5.11 Å². The van der Waals surface area contributed by atoms with Gasteiger partial charge in [0.1, 0.15) is 0 Å². The van der Waals surface area contributed by atoms with Crippen LogP contribution in [0.25, 0.3) is 0 Å². The van der Waals surface area contributed by atoms with E-state index in [1.165, 1.54) is 4.90 Å². The molecule has 1 aliphatic heterocycles. The molecule has 1 atom stereocenters. The van der Waals surface area contributed by atoms with Crippen molar-refractivity contribution in [3.63, 3.8) is 0 Å². The van der Waals surface area contributed by atoms with E-state index in [2.05, 4.69) is 0 Å². The molecule has 0 bridgehead atoms. The molecule has 1 fully saturated rings. The molecule has 0 spiro atoms. The maximum Gasteiger partial charge on any atom is 0.407 e. The van der Waals surface area contributed by atoms with Crippen LogP contribution in [0.5, 0.6) is 0 Å². The van der Waals surface area contributed by atoms with E-state index >= 15 is 0 Å². The third kappa shape index (κ3) is 1.13. The van der Waals surface area contributed by atoms with Gasteiger partial charge in [-0.2, -0.15) is 0 Å². The Labute approximate surface area is 70.2 Å². The van der Waals surface area contributed by atoms with Crippen LogP contribution in [0.4, 0.5) is 4.79 Å². The highest BCUT2D eigenvalue weighted by atomic mass is 16.4. The SMILES string of the molecule is O=C(O)N1C[C@@H]1c1ccccc1. The summed E-state index contributed by atoms with van der Waals surface area (Å²) in [5.74, 6) is 0. The van der Waals surface area contributed by atoms with Gasteiger partial charge in [-0.25, -0.2) is 4.79 Å². The number of amides is 1. The van der Waals surface area contributed by atoms with Crippen LogP contribution in [0, 0.1) is 0 Å². The number of carbonyl (C=O) groups is 1. The molecule has 1 aromatic carbocycles. The minimum absolute atomic E-state index is 0.101. The highest BCUT2D eigenvalue weighted by Gasteiger charge is 2.39. The number of nitrogens with zero attached hydrogens (tertiary/aromatic N) is 1. The number of benzene rings is 1. The molecule has 12 heavy (non-hydrogen) atoms. The van der Waals surface area contributed by atoms with Crippen LogP contribution in [-0.4, -0.2) is 22.6 Å². The zero-order chi connectivity index (χ0) is 8.55. The molecule has 2 rings (SSSR count). The Hall–Kier alpha value is -1.51. The van der Waals surface area contributed by atoms with Crippen molar-refractivity contribution in [3.05, 3.63) is 35.9 Å². The summed E-state index contributed by atoms with van der Waals surface area (Å²) in [5, 5.41) is 8.61. The van der Waals surface area contributed by atoms with Crippen molar-refractivity contribution >= 4 is 6.09 Å². The van der Waals surface area contributed by atoms with Crippen molar-refractivity contribution in [1.29, 1.82) is 0 Å². The lowest BCUT2D eigenvalue weighted by atomic mass is 10.2. The van der Waals surface area contributed by atoms with E-state index in [1.54, 1.807) is 0 Å². The van der Waals surface area contributed by atoms with Crippen molar-refractivity contribution < 1.29 is 9.90 Å². The maximum atomic E-state index is 10.5. The summed E-state index contributed by atoms with van der Waals surface area (Å²) < 4.78 is 0. The van der Waals surface area contributed by atoms with Gasteiger partial charge < -0.3 is 5.11 Å². The molecule has 1 aliphatic rings. The highest BCUT2D eigenvalue weighted by Crippen LogP contribution is 2.33. The van der Waals surface area contributed by atoms with Gasteiger partial charge in [0.2, 0.25) is 0 Å². The van der Waals surface area contributed by atoms with Crippen LogP contribution < -0.4 is 0 Å². The minimum atomic E-state index is -0.830. The Balaban J connectivity index is 2.11. The second kappa shape index (κ2) is 2.52. The third-order valence-electron chi connectivity index (χ3n) is 2.04. The summed E-state index contributed by atoms with van der Waals surface area (Å²) in [6, 6.07) is 9.78. The molecule has 1 saturated heterocycles. The Kier molecular flexibility index (Phi) is 1.50.